The molecule has 3 aromatic rings. The third kappa shape index (κ3) is 3.42. The minimum atomic E-state index is -1.20. The number of halogens is 3. The Kier molecular flexibility index (Phi) is 4.34. The van der Waals surface area contributed by atoms with Gasteiger partial charge in [-0.25, -0.2) is 18.2 Å². The second kappa shape index (κ2) is 6.60. The maximum absolute atomic E-state index is 14.0. The molecular weight excluding hydrogens is 335 g/mol. The molecule has 2 N–H and O–H groups in total. The van der Waals surface area contributed by atoms with E-state index in [4.69, 9.17) is 0 Å². The summed E-state index contributed by atoms with van der Waals surface area (Å²) in [6.07, 6.45) is 2.90. The van der Waals surface area contributed by atoms with Gasteiger partial charge in [0.25, 0.3) is 5.91 Å². The molecule has 0 bridgehead atoms. The molecule has 0 fully saturated rings. The average molecular weight is 345 g/mol. The molecule has 0 aliphatic heterocycles. The summed E-state index contributed by atoms with van der Waals surface area (Å²) >= 11 is 0. The third-order valence-electron chi connectivity index (χ3n) is 3.26. The Bertz CT molecular complexity index is 926. The molecule has 3 rings (SSSR count). The zero-order valence-corrected chi connectivity index (χ0v) is 12.5. The van der Waals surface area contributed by atoms with Gasteiger partial charge in [-0.1, -0.05) is 0 Å². The Hall–Kier alpha value is -3.42. The first-order chi connectivity index (χ1) is 12.0. The lowest BCUT2D eigenvalue weighted by molar-refractivity contribution is 0.102. The molecule has 0 atom stereocenters. The van der Waals surface area contributed by atoms with E-state index < -0.39 is 40.4 Å². The van der Waals surface area contributed by atoms with Crippen molar-refractivity contribution < 1.29 is 23.1 Å². The number of anilines is 1. The van der Waals surface area contributed by atoms with Gasteiger partial charge in [-0.3, -0.25) is 9.78 Å². The molecule has 1 amide bonds. The van der Waals surface area contributed by atoms with Crippen molar-refractivity contribution in [2.75, 3.05) is 5.32 Å². The predicted octanol–water partition coefficient (Wildman–Crippen LogP) is 3.52. The molecule has 0 aliphatic carbocycles. The molecule has 0 unspecified atom stereocenters. The number of phenols is 1. The number of rotatable bonds is 3. The predicted molar refractivity (Wildman–Crippen MR) is 83.4 cm³/mol. The fraction of sp³-hybridized carbons (Fsp3) is 0. The van der Waals surface area contributed by atoms with Gasteiger partial charge in [-0.05, 0) is 24.3 Å². The van der Waals surface area contributed by atoms with Crippen LogP contribution in [0.5, 0.6) is 5.75 Å². The fourth-order valence-electron chi connectivity index (χ4n) is 2.16. The standard InChI is InChI=1S/C17H10F3N3O2/c18-11-3-4-14(17(25)22-9-2-1-5-21-8-9)23-16(11)15-12(19)6-10(24)7-13(15)20/h1-8,24H,(H,22,25). The number of hydrogen-bond donors (Lipinski definition) is 2. The summed E-state index contributed by atoms with van der Waals surface area (Å²) in [5.41, 5.74) is -1.31. The lowest BCUT2D eigenvalue weighted by Crippen LogP contribution is -2.14. The summed E-state index contributed by atoms with van der Waals surface area (Å²) in [6, 6.07) is 6.39. The van der Waals surface area contributed by atoms with Crippen LogP contribution in [-0.2, 0) is 0 Å². The Morgan fingerprint density at radius 1 is 1.04 bits per heavy atom. The van der Waals surface area contributed by atoms with Gasteiger partial charge < -0.3 is 10.4 Å². The van der Waals surface area contributed by atoms with E-state index in [1.165, 1.54) is 12.4 Å². The number of phenolic OH excluding ortho intramolecular Hbond substituents is 1. The maximum Gasteiger partial charge on any atom is 0.274 e. The molecule has 0 radical (unpaired) electrons. The van der Waals surface area contributed by atoms with Crippen LogP contribution in [0.4, 0.5) is 18.9 Å². The minimum Gasteiger partial charge on any atom is -0.508 e. The van der Waals surface area contributed by atoms with Crippen molar-refractivity contribution in [3.05, 3.63) is 71.9 Å². The maximum atomic E-state index is 14.0. The molecule has 0 aliphatic rings. The lowest BCUT2D eigenvalue weighted by atomic mass is 10.1. The monoisotopic (exact) mass is 345 g/mol. The molecule has 1 aromatic carbocycles. The summed E-state index contributed by atoms with van der Waals surface area (Å²) < 4.78 is 41.9. The van der Waals surface area contributed by atoms with Crippen LogP contribution in [0.25, 0.3) is 11.3 Å². The molecule has 5 nitrogen and oxygen atoms in total. The first-order valence-corrected chi connectivity index (χ1v) is 7.02. The van der Waals surface area contributed by atoms with E-state index in [1.54, 1.807) is 12.1 Å². The zero-order valence-electron chi connectivity index (χ0n) is 12.5. The summed E-state index contributed by atoms with van der Waals surface area (Å²) in [6.45, 7) is 0. The number of carbonyl (C=O) groups is 1. The number of hydrogen-bond acceptors (Lipinski definition) is 4. The Balaban J connectivity index is 2.00. The SMILES string of the molecule is O=C(Nc1cccnc1)c1ccc(F)c(-c2c(F)cc(O)cc2F)n1. The summed E-state index contributed by atoms with van der Waals surface area (Å²) in [4.78, 5) is 19.7. The van der Waals surface area contributed by atoms with Crippen molar-refractivity contribution in [2.45, 2.75) is 0 Å². The number of benzene rings is 1. The lowest BCUT2D eigenvalue weighted by Gasteiger charge is -2.09. The van der Waals surface area contributed by atoms with Crippen LogP contribution in [0, 0.1) is 17.5 Å². The molecule has 0 saturated carbocycles. The van der Waals surface area contributed by atoms with Crippen LogP contribution < -0.4 is 5.32 Å². The van der Waals surface area contributed by atoms with Gasteiger partial charge in [-0.2, -0.15) is 0 Å². The largest absolute Gasteiger partial charge is 0.508 e. The van der Waals surface area contributed by atoms with Crippen LogP contribution in [-0.4, -0.2) is 21.0 Å². The van der Waals surface area contributed by atoms with Crippen LogP contribution in [0.15, 0.2) is 48.8 Å². The topological polar surface area (TPSA) is 75.1 Å². The Morgan fingerprint density at radius 3 is 2.40 bits per heavy atom. The van der Waals surface area contributed by atoms with Crippen molar-refractivity contribution in [2.24, 2.45) is 0 Å². The highest BCUT2D eigenvalue weighted by Gasteiger charge is 2.20. The fourth-order valence-corrected chi connectivity index (χ4v) is 2.16. The molecule has 25 heavy (non-hydrogen) atoms. The van der Waals surface area contributed by atoms with Gasteiger partial charge in [0.05, 0.1) is 17.4 Å². The van der Waals surface area contributed by atoms with E-state index in [0.29, 0.717) is 17.8 Å². The second-order valence-electron chi connectivity index (χ2n) is 5.01. The van der Waals surface area contributed by atoms with Crippen LogP contribution >= 0.6 is 0 Å². The van der Waals surface area contributed by atoms with E-state index in [2.05, 4.69) is 15.3 Å². The molecule has 8 heteroatoms. The highest BCUT2D eigenvalue weighted by atomic mass is 19.1. The van der Waals surface area contributed by atoms with E-state index in [0.717, 1.165) is 12.1 Å². The Morgan fingerprint density at radius 2 is 1.76 bits per heavy atom. The van der Waals surface area contributed by atoms with Gasteiger partial charge in [-0.15, -0.1) is 0 Å². The number of amides is 1. The highest BCUT2D eigenvalue weighted by Crippen LogP contribution is 2.30. The van der Waals surface area contributed by atoms with Gasteiger partial charge in [0.1, 0.15) is 34.6 Å². The zero-order chi connectivity index (χ0) is 18.0. The van der Waals surface area contributed by atoms with E-state index in [9.17, 15) is 23.1 Å². The summed E-state index contributed by atoms with van der Waals surface area (Å²) in [5.74, 6) is -4.76. The normalized spacial score (nSPS) is 10.5. The van der Waals surface area contributed by atoms with Crippen LogP contribution in [0.3, 0.4) is 0 Å². The van der Waals surface area contributed by atoms with Crippen LogP contribution in [0.1, 0.15) is 10.5 Å². The molecule has 126 valence electrons. The van der Waals surface area contributed by atoms with Gasteiger partial charge >= 0.3 is 0 Å². The summed E-state index contributed by atoms with van der Waals surface area (Å²) in [5, 5.41) is 11.7. The minimum absolute atomic E-state index is 0.243. The average Bonchev–Trinajstić information content (AvgIpc) is 2.56. The number of aromatic nitrogens is 2. The van der Waals surface area contributed by atoms with E-state index >= 15 is 0 Å². The second-order valence-corrected chi connectivity index (χ2v) is 5.01. The smallest absolute Gasteiger partial charge is 0.274 e. The quantitative estimate of drug-likeness (QED) is 0.762. The molecule has 0 spiro atoms. The number of carbonyl (C=O) groups excluding carboxylic acids is 1. The molecule has 2 aromatic heterocycles. The van der Waals surface area contributed by atoms with Crippen molar-refractivity contribution in [1.29, 1.82) is 0 Å². The first kappa shape index (κ1) is 16.4. The highest BCUT2D eigenvalue weighted by molar-refractivity contribution is 6.03. The van der Waals surface area contributed by atoms with Crippen molar-refractivity contribution in [1.82, 2.24) is 9.97 Å². The molecular formula is C17H10F3N3O2. The van der Waals surface area contributed by atoms with Gasteiger partial charge in [0, 0.05) is 18.3 Å². The summed E-state index contributed by atoms with van der Waals surface area (Å²) in [7, 11) is 0. The number of nitrogens with zero attached hydrogens (tertiary/aromatic N) is 2. The van der Waals surface area contributed by atoms with Gasteiger partial charge in [0.15, 0.2) is 0 Å². The third-order valence-corrected chi connectivity index (χ3v) is 3.26. The van der Waals surface area contributed by atoms with Crippen LogP contribution in [0.2, 0.25) is 0 Å². The number of aromatic hydroxyl groups is 1. The van der Waals surface area contributed by atoms with Crippen molar-refractivity contribution in [3.8, 4) is 17.0 Å². The van der Waals surface area contributed by atoms with Crippen molar-refractivity contribution >= 4 is 11.6 Å². The molecule has 0 saturated heterocycles. The number of pyridine rings is 2. The van der Waals surface area contributed by atoms with E-state index in [1.807, 2.05) is 0 Å². The first-order valence-electron chi connectivity index (χ1n) is 7.02. The van der Waals surface area contributed by atoms with Gasteiger partial charge in [0.2, 0.25) is 0 Å². The number of nitrogens with one attached hydrogen (secondary N) is 1. The Labute approximate surface area is 139 Å². The van der Waals surface area contributed by atoms with Crippen molar-refractivity contribution in [3.63, 3.8) is 0 Å². The van der Waals surface area contributed by atoms with E-state index in [-0.39, 0.29) is 5.69 Å². The molecule has 2 heterocycles.